The van der Waals surface area contributed by atoms with E-state index in [-0.39, 0.29) is 30.8 Å². The number of carbonyl (C=O) groups is 2. The Morgan fingerprint density at radius 2 is 1.81 bits per heavy atom. The monoisotopic (exact) mass is 426 g/mol. The van der Waals surface area contributed by atoms with Crippen LogP contribution in [0.1, 0.15) is 50.2 Å². The van der Waals surface area contributed by atoms with Crippen LogP contribution in [0.25, 0.3) is 0 Å². The fourth-order valence-corrected chi connectivity index (χ4v) is 4.12. The summed E-state index contributed by atoms with van der Waals surface area (Å²) in [7, 11) is 1.60. The minimum atomic E-state index is -0.609. The first-order valence-electron chi connectivity index (χ1n) is 11.0. The van der Waals surface area contributed by atoms with Gasteiger partial charge in [-0.3, -0.25) is 9.59 Å². The van der Waals surface area contributed by atoms with Crippen LogP contribution in [0.5, 0.6) is 5.75 Å². The molecule has 5 nitrogen and oxygen atoms in total. The van der Waals surface area contributed by atoms with E-state index in [0.717, 1.165) is 37.0 Å². The lowest BCUT2D eigenvalue weighted by Gasteiger charge is -2.31. The van der Waals surface area contributed by atoms with Crippen molar-refractivity contribution in [2.75, 3.05) is 7.11 Å². The van der Waals surface area contributed by atoms with E-state index in [4.69, 9.17) is 4.74 Å². The SMILES string of the molecule is CC[C@H](C(=O)NC1CCCC1)N(Cc1ccc(OC)cc1)C(=O)Cc1ccccc1F. The van der Waals surface area contributed by atoms with Gasteiger partial charge in [0.15, 0.2) is 0 Å². The van der Waals surface area contributed by atoms with Crippen molar-refractivity contribution in [2.24, 2.45) is 0 Å². The molecule has 31 heavy (non-hydrogen) atoms. The van der Waals surface area contributed by atoms with Gasteiger partial charge >= 0.3 is 0 Å². The zero-order valence-corrected chi connectivity index (χ0v) is 18.3. The lowest BCUT2D eigenvalue weighted by atomic mass is 10.1. The number of amides is 2. The van der Waals surface area contributed by atoms with Crippen molar-refractivity contribution >= 4 is 11.8 Å². The largest absolute Gasteiger partial charge is 0.497 e. The normalized spacial score (nSPS) is 14.8. The Morgan fingerprint density at radius 3 is 2.42 bits per heavy atom. The highest BCUT2D eigenvalue weighted by atomic mass is 19.1. The third-order valence-electron chi connectivity index (χ3n) is 5.90. The first kappa shape index (κ1) is 22.8. The molecule has 1 saturated carbocycles. The summed E-state index contributed by atoms with van der Waals surface area (Å²) < 4.78 is 19.4. The topological polar surface area (TPSA) is 58.6 Å². The van der Waals surface area contributed by atoms with Crippen LogP contribution in [0.3, 0.4) is 0 Å². The molecule has 166 valence electrons. The molecule has 0 spiro atoms. The maximum absolute atomic E-state index is 14.2. The number of methoxy groups -OCH3 is 1. The summed E-state index contributed by atoms with van der Waals surface area (Å²) in [5.41, 5.74) is 1.22. The van der Waals surface area contributed by atoms with E-state index in [2.05, 4.69) is 5.32 Å². The Morgan fingerprint density at radius 1 is 1.13 bits per heavy atom. The number of nitrogens with zero attached hydrogens (tertiary/aromatic N) is 1. The second-order valence-corrected chi connectivity index (χ2v) is 8.05. The molecule has 0 aliphatic heterocycles. The number of benzene rings is 2. The second-order valence-electron chi connectivity index (χ2n) is 8.05. The van der Waals surface area contributed by atoms with Crippen LogP contribution in [-0.4, -0.2) is 35.9 Å². The fourth-order valence-electron chi connectivity index (χ4n) is 4.12. The Bertz CT molecular complexity index is 879. The number of carbonyl (C=O) groups excluding carboxylic acids is 2. The van der Waals surface area contributed by atoms with Crippen LogP contribution in [0.2, 0.25) is 0 Å². The standard InChI is InChI=1S/C25H31FN2O3/c1-3-23(25(30)27-20-9-5-6-10-20)28(17-18-12-14-21(31-2)15-13-18)24(29)16-19-8-4-7-11-22(19)26/h4,7-8,11-15,20,23H,3,5-6,9-10,16-17H2,1-2H3,(H,27,30)/t23-/m1/s1. The minimum Gasteiger partial charge on any atom is -0.497 e. The summed E-state index contributed by atoms with van der Waals surface area (Å²) in [6.07, 6.45) is 4.58. The van der Waals surface area contributed by atoms with Gasteiger partial charge in [-0.2, -0.15) is 0 Å². The zero-order chi connectivity index (χ0) is 22.2. The predicted molar refractivity (Wildman–Crippen MR) is 118 cm³/mol. The van der Waals surface area contributed by atoms with Crippen molar-refractivity contribution in [2.45, 2.75) is 64.1 Å². The maximum Gasteiger partial charge on any atom is 0.243 e. The van der Waals surface area contributed by atoms with Crippen molar-refractivity contribution in [3.63, 3.8) is 0 Å². The summed E-state index contributed by atoms with van der Waals surface area (Å²) in [5, 5.41) is 3.12. The predicted octanol–water partition coefficient (Wildman–Crippen LogP) is 4.24. The van der Waals surface area contributed by atoms with E-state index < -0.39 is 11.9 Å². The number of nitrogens with one attached hydrogen (secondary N) is 1. The molecule has 1 aliphatic carbocycles. The molecule has 1 atom stereocenters. The number of ether oxygens (including phenoxy) is 1. The van der Waals surface area contributed by atoms with Gasteiger partial charge in [-0.1, -0.05) is 50.1 Å². The number of rotatable bonds is 9. The van der Waals surface area contributed by atoms with Gasteiger partial charge in [0.1, 0.15) is 17.6 Å². The summed E-state index contributed by atoms with van der Waals surface area (Å²) in [6, 6.07) is 13.2. The molecule has 2 aromatic rings. The van der Waals surface area contributed by atoms with Gasteiger partial charge in [-0.05, 0) is 48.6 Å². The smallest absolute Gasteiger partial charge is 0.243 e. The van der Waals surface area contributed by atoms with Crippen molar-refractivity contribution in [3.05, 3.63) is 65.5 Å². The first-order valence-corrected chi connectivity index (χ1v) is 11.0. The quantitative estimate of drug-likeness (QED) is 0.652. The van der Waals surface area contributed by atoms with Gasteiger partial charge in [-0.25, -0.2) is 4.39 Å². The summed E-state index contributed by atoms with van der Waals surface area (Å²) in [5.74, 6) is -0.0955. The molecule has 0 unspecified atom stereocenters. The van der Waals surface area contributed by atoms with Gasteiger partial charge in [0, 0.05) is 12.6 Å². The van der Waals surface area contributed by atoms with Crippen LogP contribution < -0.4 is 10.1 Å². The Kier molecular flexibility index (Phi) is 8.04. The van der Waals surface area contributed by atoms with E-state index in [9.17, 15) is 14.0 Å². The molecular formula is C25H31FN2O3. The molecule has 0 bridgehead atoms. The molecule has 0 saturated heterocycles. The first-order chi connectivity index (χ1) is 15.0. The number of hydrogen-bond donors (Lipinski definition) is 1. The Hall–Kier alpha value is -2.89. The highest BCUT2D eigenvalue weighted by Crippen LogP contribution is 2.21. The molecule has 0 heterocycles. The van der Waals surface area contributed by atoms with Crippen LogP contribution in [0.4, 0.5) is 4.39 Å². The molecule has 0 radical (unpaired) electrons. The Labute approximate surface area is 183 Å². The Balaban J connectivity index is 1.82. The van der Waals surface area contributed by atoms with Crippen LogP contribution in [0.15, 0.2) is 48.5 Å². The van der Waals surface area contributed by atoms with E-state index in [1.54, 1.807) is 30.2 Å². The summed E-state index contributed by atoms with van der Waals surface area (Å²) >= 11 is 0. The van der Waals surface area contributed by atoms with Crippen molar-refractivity contribution in [1.82, 2.24) is 10.2 Å². The summed E-state index contributed by atoms with van der Waals surface area (Å²) in [6.45, 7) is 2.17. The van der Waals surface area contributed by atoms with E-state index in [0.29, 0.717) is 12.0 Å². The third-order valence-corrected chi connectivity index (χ3v) is 5.90. The van der Waals surface area contributed by atoms with Gasteiger partial charge < -0.3 is 15.0 Å². The number of hydrogen-bond acceptors (Lipinski definition) is 3. The molecule has 1 fully saturated rings. The third kappa shape index (κ3) is 6.06. The van der Waals surface area contributed by atoms with E-state index in [1.807, 2.05) is 31.2 Å². The number of halogens is 1. The highest BCUT2D eigenvalue weighted by molar-refractivity contribution is 5.88. The molecule has 1 aliphatic rings. The minimum absolute atomic E-state index is 0.0873. The van der Waals surface area contributed by atoms with Crippen molar-refractivity contribution in [1.29, 1.82) is 0 Å². The van der Waals surface area contributed by atoms with E-state index >= 15 is 0 Å². The lowest BCUT2D eigenvalue weighted by Crippen LogP contribution is -2.51. The molecule has 0 aromatic heterocycles. The maximum atomic E-state index is 14.2. The summed E-state index contributed by atoms with van der Waals surface area (Å²) in [4.78, 5) is 28.0. The average Bonchev–Trinajstić information content (AvgIpc) is 3.28. The lowest BCUT2D eigenvalue weighted by molar-refractivity contribution is -0.141. The fraction of sp³-hybridized carbons (Fsp3) is 0.440. The molecular weight excluding hydrogens is 395 g/mol. The van der Waals surface area contributed by atoms with Crippen molar-refractivity contribution < 1.29 is 18.7 Å². The average molecular weight is 427 g/mol. The second kappa shape index (κ2) is 10.9. The molecule has 6 heteroatoms. The van der Waals surface area contributed by atoms with Crippen LogP contribution >= 0.6 is 0 Å². The highest BCUT2D eigenvalue weighted by Gasteiger charge is 2.30. The van der Waals surface area contributed by atoms with Crippen molar-refractivity contribution in [3.8, 4) is 5.75 Å². The van der Waals surface area contributed by atoms with Gasteiger partial charge in [-0.15, -0.1) is 0 Å². The van der Waals surface area contributed by atoms with Crippen LogP contribution in [0, 0.1) is 5.82 Å². The molecule has 2 aromatic carbocycles. The molecule has 3 rings (SSSR count). The molecule has 1 N–H and O–H groups in total. The van der Waals surface area contributed by atoms with Crippen LogP contribution in [-0.2, 0) is 22.6 Å². The molecule has 2 amide bonds. The zero-order valence-electron chi connectivity index (χ0n) is 18.3. The van der Waals surface area contributed by atoms with Gasteiger partial charge in [0.05, 0.1) is 13.5 Å². The van der Waals surface area contributed by atoms with Gasteiger partial charge in [0.25, 0.3) is 0 Å². The van der Waals surface area contributed by atoms with E-state index in [1.165, 1.54) is 6.07 Å². The van der Waals surface area contributed by atoms with Gasteiger partial charge in [0.2, 0.25) is 11.8 Å².